The Morgan fingerprint density at radius 2 is 1.96 bits per heavy atom. The van der Waals surface area contributed by atoms with Crippen molar-refractivity contribution in [1.29, 1.82) is 0 Å². The number of aliphatic carboxylic acids is 1. The van der Waals surface area contributed by atoms with Gasteiger partial charge in [0, 0.05) is 15.2 Å². The number of nitrogens with zero attached hydrogens (tertiary/aromatic N) is 3. The van der Waals surface area contributed by atoms with Crippen molar-refractivity contribution in [3.8, 4) is 0 Å². The van der Waals surface area contributed by atoms with Gasteiger partial charge in [-0.3, -0.25) is 0 Å². The number of amides is 1. The second-order valence-electron chi connectivity index (χ2n) is 6.03. The smallest absolute Gasteiger partial charge is 0.408 e. The van der Waals surface area contributed by atoms with E-state index in [4.69, 9.17) is 10.3 Å². The number of hydrogen-bond donors (Lipinski definition) is 4. The van der Waals surface area contributed by atoms with E-state index in [1.807, 2.05) is 13.8 Å². The first-order valence-corrected chi connectivity index (χ1v) is 8.35. The average Bonchev–Trinajstić information content (AvgIpc) is 2.53. The first-order valence-electron chi connectivity index (χ1n) is 7.32. The molecule has 0 fully saturated rings. The van der Waals surface area contributed by atoms with E-state index in [0.29, 0.717) is 11.3 Å². The maximum atomic E-state index is 11.9. The summed E-state index contributed by atoms with van der Waals surface area (Å²) < 4.78 is 4.68. The van der Waals surface area contributed by atoms with Gasteiger partial charge in [-0.25, -0.2) is 9.59 Å². The summed E-state index contributed by atoms with van der Waals surface area (Å²) in [4.78, 5) is 25.9. The van der Waals surface area contributed by atoms with Crippen molar-refractivity contribution < 1.29 is 19.4 Å². The van der Waals surface area contributed by atoms with E-state index < -0.39 is 23.5 Å². The summed E-state index contributed by atoms with van der Waals surface area (Å²) in [5.74, 6) is -1.16. The van der Waals surface area contributed by atoms with Crippen molar-refractivity contribution in [1.82, 2.24) is 5.32 Å². The van der Waals surface area contributed by atoms with Gasteiger partial charge in [-0.2, -0.15) is 25.3 Å². The van der Waals surface area contributed by atoms with Crippen LogP contribution in [0, 0.1) is 5.41 Å². The lowest BCUT2D eigenvalue weighted by Crippen LogP contribution is -2.44. The van der Waals surface area contributed by atoms with Crippen molar-refractivity contribution in [2.24, 2.45) is 10.5 Å². The summed E-state index contributed by atoms with van der Waals surface area (Å²) in [5, 5.41) is 15.0. The number of hydrogen-bond acceptors (Lipinski definition) is 6. The predicted octanol–water partition coefficient (Wildman–Crippen LogP) is 3.91. The van der Waals surface area contributed by atoms with Gasteiger partial charge in [-0.1, -0.05) is 43.2 Å². The van der Waals surface area contributed by atoms with Crippen LogP contribution < -0.4 is 5.32 Å². The molecule has 0 saturated carbocycles. The minimum absolute atomic E-state index is 0.0418. The fourth-order valence-corrected chi connectivity index (χ4v) is 2.09. The number of carboxylic acid groups (broad SMARTS) is 1. The van der Waals surface area contributed by atoms with Crippen LogP contribution in [0.4, 0.5) is 10.5 Å². The van der Waals surface area contributed by atoms with Crippen LogP contribution in [0.15, 0.2) is 29.4 Å². The number of carboxylic acids is 1. The Morgan fingerprint density at radius 3 is 2.44 bits per heavy atom. The third kappa shape index (κ3) is 7.16. The van der Waals surface area contributed by atoms with Crippen molar-refractivity contribution >= 4 is 43.0 Å². The molecule has 0 aromatic heterocycles. The average molecular weight is 384 g/mol. The molecule has 0 radical (unpaired) electrons. The second kappa shape index (κ2) is 9.45. The van der Waals surface area contributed by atoms with E-state index in [1.165, 1.54) is 0 Å². The number of nitrogens with one attached hydrogen (secondary N) is 1. The first-order chi connectivity index (χ1) is 11.7. The molecule has 0 spiro atoms. The Labute approximate surface area is 156 Å². The Hall–Kier alpha value is -2.03. The number of carbonyl (C=O) groups excluding carboxylic acids is 1. The molecule has 10 heteroatoms. The third-order valence-electron chi connectivity index (χ3n) is 3.49. The summed E-state index contributed by atoms with van der Waals surface area (Å²) in [6.45, 7) is 3.58. The molecule has 8 nitrogen and oxygen atoms in total. The second-order valence-corrected chi connectivity index (χ2v) is 7.47. The maximum absolute atomic E-state index is 11.9. The standard InChI is InChI=1S/C15H20N4O4S2/c1-15(2,13(24)25)7-11(12(20)21)17-14(22)23-8-9-3-5-10(6-4-9)18-19-16/h3-6,11,13,24-25H,7-8H2,1-2H3,(H,17,22)(H,20,21). The number of thiol groups is 2. The minimum Gasteiger partial charge on any atom is -0.480 e. The molecular weight excluding hydrogens is 364 g/mol. The van der Waals surface area contributed by atoms with E-state index in [0.717, 1.165) is 0 Å². The number of carbonyl (C=O) groups is 2. The van der Waals surface area contributed by atoms with Gasteiger partial charge in [0.25, 0.3) is 0 Å². The Balaban J connectivity index is 2.60. The van der Waals surface area contributed by atoms with Crippen LogP contribution in [-0.4, -0.2) is 27.8 Å². The van der Waals surface area contributed by atoms with Gasteiger partial charge >= 0.3 is 12.1 Å². The monoisotopic (exact) mass is 384 g/mol. The molecule has 136 valence electrons. The molecule has 0 saturated heterocycles. The number of ether oxygens (including phenoxy) is 1. The van der Waals surface area contributed by atoms with Gasteiger partial charge in [0.2, 0.25) is 0 Å². The quantitative estimate of drug-likeness (QED) is 0.178. The highest BCUT2D eigenvalue weighted by molar-refractivity contribution is 7.99. The fraction of sp³-hybridized carbons (Fsp3) is 0.467. The molecule has 0 bridgehead atoms. The molecule has 1 rings (SSSR count). The van der Waals surface area contributed by atoms with Crippen LogP contribution in [0.2, 0.25) is 0 Å². The Bertz CT molecular complexity index is 658. The SMILES string of the molecule is CC(C)(CC(NC(=O)OCc1ccc(N=[N+]=[N-])cc1)C(=O)O)C(S)S. The van der Waals surface area contributed by atoms with E-state index in [9.17, 15) is 14.7 Å². The van der Waals surface area contributed by atoms with E-state index >= 15 is 0 Å². The first kappa shape index (κ1) is 21.0. The van der Waals surface area contributed by atoms with Crippen molar-refractivity contribution in [3.05, 3.63) is 40.3 Å². The van der Waals surface area contributed by atoms with Crippen LogP contribution in [0.1, 0.15) is 25.8 Å². The molecule has 1 unspecified atom stereocenters. The lowest BCUT2D eigenvalue weighted by Gasteiger charge is -2.30. The summed E-state index contributed by atoms with van der Waals surface area (Å²) in [7, 11) is 0. The molecule has 0 aliphatic rings. The highest BCUT2D eigenvalue weighted by atomic mass is 32.2. The highest BCUT2D eigenvalue weighted by Gasteiger charge is 2.32. The lowest BCUT2D eigenvalue weighted by atomic mass is 9.87. The zero-order valence-corrected chi connectivity index (χ0v) is 15.6. The van der Waals surface area contributed by atoms with E-state index in [1.54, 1.807) is 24.3 Å². The number of benzene rings is 1. The molecule has 1 aromatic carbocycles. The lowest BCUT2D eigenvalue weighted by molar-refractivity contribution is -0.140. The summed E-state index contributed by atoms with van der Waals surface area (Å²) in [5.41, 5.74) is 8.93. The largest absolute Gasteiger partial charge is 0.480 e. The van der Waals surface area contributed by atoms with Crippen molar-refractivity contribution in [2.45, 2.75) is 37.5 Å². The zero-order chi connectivity index (χ0) is 19.0. The number of azide groups is 1. The third-order valence-corrected chi connectivity index (χ3v) is 4.88. The molecule has 1 atom stereocenters. The molecule has 1 amide bonds. The zero-order valence-electron chi connectivity index (χ0n) is 13.8. The van der Waals surface area contributed by atoms with Gasteiger partial charge in [-0.05, 0) is 22.9 Å². The number of rotatable bonds is 8. The molecular formula is C15H20N4O4S2. The fourth-order valence-electron chi connectivity index (χ4n) is 1.87. The van der Waals surface area contributed by atoms with Crippen LogP contribution >= 0.6 is 25.3 Å². The summed E-state index contributed by atoms with van der Waals surface area (Å²) in [6, 6.07) is 5.33. The Kier molecular flexibility index (Phi) is 7.95. The maximum Gasteiger partial charge on any atom is 0.408 e. The van der Waals surface area contributed by atoms with Gasteiger partial charge in [-0.15, -0.1) is 0 Å². The van der Waals surface area contributed by atoms with Crippen LogP contribution in [0.5, 0.6) is 0 Å². The topological polar surface area (TPSA) is 124 Å². The molecule has 0 aliphatic heterocycles. The predicted molar refractivity (Wildman–Crippen MR) is 100 cm³/mol. The molecule has 1 aromatic rings. The van der Waals surface area contributed by atoms with Crippen molar-refractivity contribution in [2.75, 3.05) is 0 Å². The van der Waals surface area contributed by atoms with Gasteiger partial charge in [0.05, 0.1) is 0 Å². The van der Waals surface area contributed by atoms with Gasteiger partial charge in [0.15, 0.2) is 0 Å². The Morgan fingerprint density at radius 1 is 1.36 bits per heavy atom. The van der Waals surface area contributed by atoms with Crippen LogP contribution in [0.25, 0.3) is 10.4 Å². The molecule has 2 N–H and O–H groups in total. The van der Waals surface area contributed by atoms with E-state index in [2.05, 4.69) is 40.6 Å². The highest BCUT2D eigenvalue weighted by Crippen LogP contribution is 2.32. The summed E-state index contributed by atoms with van der Waals surface area (Å²) >= 11 is 8.44. The van der Waals surface area contributed by atoms with Crippen LogP contribution in [0.3, 0.4) is 0 Å². The minimum atomic E-state index is -1.16. The summed E-state index contributed by atoms with van der Waals surface area (Å²) in [6.07, 6.45) is -0.687. The molecule has 0 aliphatic carbocycles. The van der Waals surface area contributed by atoms with Crippen molar-refractivity contribution in [3.63, 3.8) is 0 Å². The molecule has 25 heavy (non-hydrogen) atoms. The molecule has 0 heterocycles. The normalized spacial score (nSPS) is 12.2. The number of alkyl carbamates (subject to hydrolysis) is 1. The van der Waals surface area contributed by atoms with Gasteiger partial charge in [0.1, 0.15) is 12.6 Å². The van der Waals surface area contributed by atoms with Gasteiger partial charge < -0.3 is 15.2 Å². The van der Waals surface area contributed by atoms with E-state index in [-0.39, 0.29) is 17.6 Å². The van der Waals surface area contributed by atoms with Crippen LogP contribution in [-0.2, 0) is 16.1 Å².